The Labute approximate surface area is 126 Å². The molecule has 1 fully saturated rings. The van der Waals surface area contributed by atoms with Crippen LogP contribution in [-0.4, -0.2) is 39.1 Å². The number of nitrogens with one attached hydrogen (secondary N) is 1. The molecule has 116 valence electrons. The van der Waals surface area contributed by atoms with E-state index in [1.54, 1.807) is 7.11 Å². The second kappa shape index (κ2) is 6.77. The van der Waals surface area contributed by atoms with Crippen LogP contribution in [0.5, 0.6) is 5.75 Å². The van der Waals surface area contributed by atoms with Gasteiger partial charge in [0.05, 0.1) is 32.0 Å². The molecule has 1 heterocycles. The first-order chi connectivity index (χ1) is 10.3. The van der Waals surface area contributed by atoms with Gasteiger partial charge in [-0.3, -0.25) is 0 Å². The summed E-state index contributed by atoms with van der Waals surface area (Å²) < 4.78 is 17.2. The number of ether oxygens (including phenoxy) is 3. The predicted molar refractivity (Wildman–Crippen MR) is 81.8 cm³/mol. The van der Waals surface area contributed by atoms with Gasteiger partial charge in [-0.15, -0.1) is 0 Å². The molecule has 3 unspecified atom stereocenters. The molecule has 0 radical (unpaired) electrons. The highest BCUT2D eigenvalue weighted by atomic mass is 16.5. The van der Waals surface area contributed by atoms with Crippen molar-refractivity contribution < 1.29 is 14.2 Å². The fourth-order valence-corrected chi connectivity index (χ4v) is 3.33. The van der Waals surface area contributed by atoms with Gasteiger partial charge in [0.25, 0.3) is 0 Å². The van der Waals surface area contributed by atoms with Crippen molar-refractivity contribution >= 4 is 0 Å². The van der Waals surface area contributed by atoms with Gasteiger partial charge in [0, 0.05) is 13.0 Å². The van der Waals surface area contributed by atoms with Gasteiger partial charge in [0.15, 0.2) is 0 Å². The van der Waals surface area contributed by atoms with Crippen molar-refractivity contribution in [3.8, 4) is 5.75 Å². The van der Waals surface area contributed by atoms with E-state index in [4.69, 9.17) is 14.2 Å². The Balaban J connectivity index is 1.69. The number of fused-ring (bicyclic) bond motifs is 1. The Morgan fingerprint density at radius 1 is 1.38 bits per heavy atom. The minimum Gasteiger partial charge on any atom is -0.497 e. The van der Waals surface area contributed by atoms with Crippen molar-refractivity contribution in [2.45, 2.75) is 44.4 Å². The van der Waals surface area contributed by atoms with Crippen LogP contribution in [-0.2, 0) is 15.9 Å². The summed E-state index contributed by atoms with van der Waals surface area (Å²) in [5, 5.41) is 3.56. The minimum atomic E-state index is 0.191. The van der Waals surface area contributed by atoms with Crippen LogP contribution in [0.2, 0.25) is 0 Å². The van der Waals surface area contributed by atoms with Crippen molar-refractivity contribution in [1.82, 2.24) is 5.32 Å². The molecule has 21 heavy (non-hydrogen) atoms. The average Bonchev–Trinajstić information content (AvgIpc) is 3.13. The normalized spacial score (nSPS) is 27.8. The standard InChI is InChI=1S/C17H25NO3/c1-3-18-17-15-10-13(19-2)7-6-12(15)9-16(17)21-11-14-5-4-8-20-14/h6-7,10,14,16-18H,3-5,8-9,11H2,1-2H3. The quantitative estimate of drug-likeness (QED) is 0.874. The molecule has 0 amide bonds. The summed E-state index contributed by atoms with van der Waals surface area (Å²) in [5.41, 5.74) is 2.67. The van der Waals surface area contributed by atoms with E-state index in [1.807, 2.05) is 6.07 Å². The smallest absolute Gasteiger partial charge is 0.119 e. The summed E-state index contributed by atoms with van der Waals surface area (Å²) in [6, 6.07) is 6.58. The van der Waals surface area contributed by atoms with Gasteiger partial charge in [-0.1, -0.05) is 13.0 Å². The second-order valence-electron chi connectivity index (χ2n) is 5.81. The third kappa shape index (κ3) is 3.23. The first kappa shape index (κ1) is 14.8. The zero-order chi connectivity index (χ0) is 14.7. The molecule has 4 heteroatoms. The molecule has 0 spiro atoms. The van der Waals surface area contributed by atoms with Crippen LogP contribution >= 0.6 is 0 Å². The lowest BCUT2D eigenvalue weighted by Gasteiger charge is -2.23. The Morgan fingerprint density at radius 3 is 3.00 bits per heavy atom. The molecular weight excluding hydrogens is 266 g/mol. The Bertz CT molecular complexity index is 471. The third-order valence-corrected chi connectivity index (χ3v) is 4.43. The maximum Gasteiger partial charge on any atom is 0.119 e. The first-order valence-corrected chi connectivity index (χ1v) is 7.95. The maximum atomic E-state index is 6.18. The Kier molecular flexibility index (Phi) is 4.78. The summed E-state index contributed by atoms with van der Waals surface area (Å²) in [7, 11) is 1.71. The molecule has 1 aliphatic carbocycles. The van der Waals surface area contributed by atoms with Gasteiger partial charge < -0.3 is 19.5 Å². The first-order valence-electron chi connectivity index (χ1n) is 7.95. The number of methoxy groups -OCH3 is 1. The number of rotatable bonds is 6. The number of likely N-dealkylation sites (N-methyl/N-ethyl adjacent to an activating group) is 1. The Morgan fingerprint density at radius 2 is 2.29 bits per heavy atom. The summed E-state index contributed by atoms with van der Waals surface area (Å²) in [4.78, 5) is 0. The van der Waals surface area contributed by atoms with Crippen LogP contribution in [0.4, 0.5) is 0 Å². The molecular formula is C17H25NO3. The predicted octanol–water partition coefficient (Wildman–Crippen LogP) is 2.47. The third-order valence-electron chi connectivity index (χ3n) is 4.43. The van der Waals surface area contributed by atoms with Crippen molar-refractivity contribution in [2.24, 2.45) is 0 Å². The van der Waals surface area contributed by atoms with Crippen LogP contribution < -0.4 is 10.1 Å². The summed E-state index contributed by atoms with van der Waals surface area (Å²) in [6.45, 7) is 4.65. The Hall–Kier alpha value is -1.10. The number of hydrogen-bond donors (Lipinski definition) is 1. The van der Waals surface area contributed by atoms with E-state index in [1.165, 1.54) is 11.1 Å². The molecule has 3 rings (SSSR count). The van der Waals surface area contributed by atoms with Gasteiger partial charge >= 0.3 is 0 Å². The van der Waals surface area contributed by atoms with Gasteiger partial charge in [0.2, 0.25) is 0 Å². The van der Waals surface area contributed by atoms with Crippen molar-refractivity contribution in [2.75, 3.05) is 26.9 Å². The monoisotopic (exact) mass is 291 g/mol. The number of hydrogen-bond acceptors (Lipinski definition) is 4. The van der Waals surface area contributed by atoms with Crippen LogP contribution in [0.15, 0.2) is 18.2 Å². The lowest BCUT2D eigenvalue weighted by Crippen LogP contribution is -2.32. The van der Waals surface area contributed by atoms with E-state index in [-0.39, 0.29) is 18.2 Å². The minimum absolute atomic E-state index is 0.191. The summed E-state index contributed by atoms with van der Waals surface area (Å²) in [6.07, 6.45) is 3.72. The van der Waals surface area contributed by atoms with Crippen molar-refractivity contribution in [3.05, 3.63) is 29.3 Å². The van der Waals surface area contributed by atoms with Gasteiger partial charge in [0.1, 0.15) is 5.75 Å². The molecule has 0 saturated carbocycles. The van der Waals surface area contributed by atoms with E-state index < -0.39 is 0 Å². The van der Waals surface area contributed by atoms with Gasteiger partial charge in [-0.05, 0) is 42.6 Å². The zero-order valence-electron chi connectivity index (χ0n) is 12.9. The molecule has 1 aromatic carbocycles. The van der Waals surface area contributed by atoms with Crippen molar-refractivity contribution in [1.29, 1.82) is 0 Å². The highest BCUT2D eigenvalue weighted by Crippen LogP contribution is 2.36. The molecule has 3 atom stereocenters. The zero-order valence-corrected chi connectivity index (χ0v) is 12.9. The summed E-state index contributed by atoms with van der Waals surface area (Å²) in [5.74, 6) is 0.913. The largest absolute Gasteiger partial charge is 0.497 e. The van der Waals surface area contributed by atoms with Gasteiger partial charge in [-0.25, -0.2) is 0 Å². The average molecular weight is 291 g/mol. The molecule has 1 saturated heterocycles. The van der Waals surface area contributed by atoms with E-state index in [2.05, 4.69) is 24.4 Å². The lowest BCUT2D eigenvalue weighted by molar-refractivity contribution is -0.0291. The van der Waals surface area contributed by atoms with E-state index in [0.717, 1.165) is 38.2 Å². The molecule has 2 aliphatic rings. The molecule has 1 aliphatic heterocycles. The van der Waals surface area contributed by atoms with Crippen LogP contribution in [0.1, 0.15) is 36.9 Å². The van der Waals surface area contributed by atoms with Crippen LogP contribution in [0, 0.1) is 0 Å². The van der Waals surface area contributed by atoms with E-state index in [0.29, 0.717) is 6.61 Å². The van der Waals surface area contributed by atoms with Crippen LogP contribution in [0.3, 0.4) is 0 Å². The van der Waals surface area contributed by atoms with Crippen molar-refractivity contribution in [3.63, 3.8) is 0 Å². The topological polar surface area (TPSA) is 39.7 Å². The highest BCUT2D eigenvalue weighted by Gasteiger charge is 2.33. The fraction of sp³-hybridized carbons (Fsp3) is 0.647. The summed E-state index contributed by atoms with van der Waals surface area (Å²) >= 11 is 0. The van der Waals surface area contributed by atoms with Crippen LogP contribution in [0.25, 0.3) is 0 Å². The number of benzene rings is 1. The molecule has 0 aromatic heterocycles. The lowest BCUT2D eigenvalue weighted by atomic mass is 10.1. The SMILES string of the molecule is CCNC1c2cc(OC)ccc2CC1OCC1CCCO1. The highest BCUT2D eigenvalue weighted by molar-refractivity contribution is 5.42. The molecule has 4 nitrogen and oxygen atoms in total. The molecule has 1 N–H and O–H groups in total. The van der Waals surface area contributed by atoms with E-state index >= 15 is 0 Å². The second-order valence-corrected chi connectivity index (χ2v) is 5.81. The van der Waals surface area contributed by atoms with E-state index in [9.17, 15) is 0 Å². The maximum absolute atomic E-state index is 6.18. The van der Waals surface area contributed by atoms with Gasteiger partial charge in [-0.2, -0.15) is 0 Å². The molecule has 0 bridgehead atoms. The fourth-order valence-electron chi connectivity index (χ4n) is 3.33. The molecule has 1 aromatic rings.